The summed E-state index contributed by atoms with van der Waals surface area (Å²) >= 11 is 1.82. The summed E-state index contributed by atoms with van der Waals surface area (Å²) in [6.45, 7) is 3.19. The number of hydrogen-bond donors (Lipinski definition) is 1. The maximum absolute atomic E-state index is 4.62. The summed E-state index contributed by atoms with van der Waals surface area (Å²) in [5.41, 5.74) is 2.46. The van der Waals surface area contributed by atoms with Crippen LogP contribution in [0, 0.1) is 6.92 Å². The maximum atomic E-state index is 4.62. The fourth-order valence-electron chi connectivity index (χ4n) is 1.60. The lowest BCUT2D eigenvalue weighted by atomic mass is 10.2. The minimum Gasteiger partial charge on any atom is -0.320 e. The van der Waals surface area contributed by atoms with Gasteiger partial charge in [0.05, 0.1) is 15.2 Å². The second-order valence-electron chi connectivity index (χ2n) is 3.79. The molecule has 0 spiro atoms. The summed E-state index contributed by atoms with van der Waals surface area (Å²) in [5, 5.41) is 4.41. The lowest BCUT2D eigenvalue weighted by Crippen LogP contribution is -2.08. The van der Waals surface area contributed by atoms with Crippen LogP contribution in [0.15, 0.2) is 18.2 Å². The summed E-state index contributed by atoms with van der Waals surface area (Å²) in [5.74, 6) is 0. The van der Waals surface area contributed by atoms with E-state index in [1.165, 1.54) is 15.3 Å². The number of aromatic nitrogens is 1. The minimum atomic E-state index is 1.06. The number of rotatable bonds is 4. The van der Waals surface area contributed by atoms with E-state index >= 15 is 0 Å². The van der Waals surface area contributed by atoms with E-state index in [9.17, 15) is 0 Å². The third-order valence-electron chi connectivity index (χ3n) is 2.41. The number of fused-ring (bicyclic) bond motifs is 1. The maximum Gasteiger partial charge on any atom is 0.0939 e. The molecular weight excluding hydrogens is 204 g/mol. The zero-order chi connectivity index (χ0) is 10.7. The van der Waals surface area contributed by atoms with Crippen molar-refractivity contribution >= 4 is 21.6 Å². The van der Waals surface area contributed by atoms with Crippen molar-refractivity contribution in [3.8, 4) is 0 Å². The number of aryl methyl sites for hydroxylation is 2. The SMILES string of the molecule is CNCCCc1nc2ccc(C)cc2s1. The first kappa shape index (κ1) is 10.6. The van der Waals surface area contributed by atoms with Crippen molar-refractivity contribution in [1.82, 2.24) is 10.3 Å². The molecule has 1 heterocycles. The third-order valence-corrected chi connectivity index (χ3v) is 3.48. The Morgan fingerprint density at radius 1 is 1.40 bits per heavy atom. The molecule has 0 aliphatic carbocycles. The van der Waals surface area contributed by atoms with Gasteiger partial charge in [-0.15, -0.1) is 11.3 Å². The van der Waals surface area contributed by atoms with Gasteiger partial charge in [-0.2, -0.15) is 0 Å². The van der Waals surface area contributed by atoms with Crippen molar-refractivity contribution in [3.63, 3.8) is 0 Å². The predicted octanol–water partition coefficient (Wildman–Crippen LogP) is 2.76. The third kappa shape index (κ3) is 2.55. The van der Waals surface area contributed by atoms with Crippen LogP contribution >= 0.6 is 11.3 Å². The van der Waals surface area contributed by atoms with Gasteiger partial charge in [0.15, 0.2) is 0 Å². The van der Waals surface area contributed by atoms with Gasteiger partial charge in [-0.1, -0.05) is 6.07 Å². The number of benzene rings is 1. The van der Waals surface area contributed by atoms with Gasteiger partial charge < -0.3 is 5.32 Å². The summed E-state index contributed by atoms with van der Waals surface area (Å²) in [4.78, 5) is 4.62. The smallest absolute Gasteiger partial charge is 0.0939 e. The lowest BCUT2D eigenvalue weighted by molar-refractivity contribution is 0.723. The van der Waals surface area contributed by atoms with Crippen LogP contribution in [0.25, 0.3) is 10.2 Å². The second-order valence-corrected chi connectivity index (χ2v) is 4.90. The summed E-state index contributed by atoms with van der Waals surface area (Å²) in [7, 11) is 1.99. The van der Waals surface area contributed by atoms with Gasteiger partial charge in [0.25, 0.3) is 0 Å². The van der Waals surface area contributed by atoms with Crippen molar-refractivity contribution in [2.75, 3.05) is 13.6 Å². The zero-order valence-corrected chi connectivity index (χ0v) is 10.0. The van der Waals surface area contributed by atoms with E-state index in [1.54, 1.807) is 0 Å². The molecule has 0 fully saturated rings. The molecule has 3 heteroatoms. The number of hydrogen-bond acceptors (Lipinski definition) is 3. The molecule has 1 aromatic heterocycles. The van der Waals surface area contributed by atoms with E-state index in [-0.39, 0.29) is 0 Å². The first-order valence-electron chi connectivity index (χ1n) is 5.30. The average molecular weight is 220 g/mol. The van der Waals surface area contributed by atoms with Gasteiger partial charge in [-0.25, -0.2) is 4.98 Å². The molecule has 2 aromatic rings. The Hall–Kier alpha value is -0.930. The number of thiazole rings is 1. The van der Waals surface area contributed by atoms with Gasteiger partial charge in [0.2, 0.25) is 0 Å². The molecule has 0 saturated carbocycles. The molecule has 2 rings (SSSR count). The quantitative estimate of drug-likeness (QED) is 0.801. The Kier molecular flexibility index (Phi) is 3.34. The lowest BCUT2D eigenvalue weighted by Gasteiger charge is -1.94. The normalized spacial score (nSPS) is 11.1. The first-order chi connectivity index (χ1) is 7.29. The van der Waals surface area contributed by atoms with E-state index in [0.717, 1.165) is 24.9 Å². The highest BCUT2D eigenvalue weighted by atomic mass is 32.1. The molecule has 0 radical (unpaired) electrons. The zero-order valence-electron chi connectivity index (χ0n) is 9.21. The Morgan fingerprint density at radius 3 is 3.07 bits per heavy atom. The Labute approximate surface area is 94.3 Å². The Balaban J connectivity index is 2.16. The molecule has 0 aliphatic rings. The van der Waals surface area contributed by atoms with Gasteiger partial charge in [-0.3, -0.25) is 0 Å². The molecule has 0 atom stereocenters. The molecule has 1 aromatic carbocycles. The van der Waals surface area contributed by atoms with Gasteiger partial charge in [0.1, 0.15) is 0 Å². The molecule has 0 aliphatic heterocycles. The van der Waals surface area contributed by atoms with Crippen LogP contribution in [-0.4, -0.2) is 18.6 Å². The molecule has 0 unspecified atom stereocenters. The van der Waals surface area contributed by atoms with Crippen molar-refractivity contribution < 1.29 is 0 Å². The van der Waals surface area contributed by atoms with Crippen LogP contribution in [0.5, 0.6) is 0 Å². The molecule has 15 heavy (non-hydrogen) atoms. The molecule has 0 bridgehead atoms. The predicted molar refractivity (Wildman–Crippen MR) is 66.6 cm³/mol. The highest BCUT2D eigenvalue weighted by Gasteiger charge is 2.03. The summed E-state index contributed by atoms with van der Waals surface area (Å²) < 4.78 is 1.31. The molecule has 2 nitrogen and oxygen atoms in total. The minimum absolute atomic E-state index is 1.06. The van der Waals surface area contributed by atoms with Crippen molar-refractivity contribution in [1.29, 1.82) is 0 Å². The van der Waals surface area contributed by atoms with E-state index in [0.29, 0.717) is 0 Å². The monoisotopic (exact) mass is 220 g/mol. The number of nitrogens with zero attached hydrogens (tertiary/aromatic N) is 1. The highest BCUT2D eigenvalue weighted by molar-refractivity contribution is 7.18. The van der Waals surface area contributed by atoms with Gasteiger partial charge >= 0.3 is 0 Å². The Morgan fingerprint density at radius 2 is 2.27 bits per heavy atom. The van der Waals surface area contributed by atoms with Crippen molar-refractivity contribution in [2.24, 2.45) is 0 Å². The standard InChI is InChI=1S/C12H16N2S/c1-9-5-6-10-11(8-9)15-12(14-10)4-3-7-13-2/h5-6,8,13H,3-4,7H2,1-2H3. The fraction of sp³-hybridized carbons (Fsp3) is 0.417. The highest BCUT2D eigenvalue weighted by Crippen LogP contribution is 2.23. The van der Waals surface area contributed by atoms with Crippen molar-refractivity contribution in [2.45, 2.75) is 19.8 Å². The van der Waals surface area contributed by atoms with Crippen LogP contribution in [0.4, 0.5) is 0 Å². The van der Waals surface area contributed by atoms with Crippen LogP contribution in [0.1, 0.15) is 17.0 Å². The van der Waals surface area contributed by atoms with Gasteiger partial charge in [-0.05, 0) is 44.6 Å². The molecule has 0 saturated heterocycles. The van der Waals surface area contributed by atoms with E-state index in [2.05, 4.69) is 35.4 Å². The van der Waals surface area contributed by atoms with E-state index < -0.39 is 0 Å². The van der Waals surface area contributed by atoms with Crippen LogP contribution in [0.2, 0.25) is 0 Å². The summed E-state index contributed by atoms with van der Waals surface area (Å²) in [6.07, 6.45) is 2.24. The molecule has 0 amide bonds. The summed E-state index contributed by atoms with van der Waals surface area (Å²) in [6, 6.07) is 6.46. The molecule has 80 valence electrons. The van der Waals surface area contributed by atoms with Crippen LogP contribution in [0.3, 0.4) is 0 Å². The fourth-order valence-corrected chi connectivity index (χ4v) is 2.71. The van der Waals surface area contributed by atoms with E-state index in [1.807, 2.05) is 18.4 Å². The first-order valence-corrected chi connectivity index (χ1v) is 6.12. The molecule has 1 N–H and O–H groups in total. The van der Waals surface area contributed by atoms with Gasteiger partial charge in [0, 0.05) is 6.42 Å². The van der Waals surface area contributed by atoms with E-state index in [4.69, 9.17) is 0 Å². The number of nitrogens with one attached hydrogen (secondary N) is 1. The van der Waals surface area contributed by atoms with Crippen LogP contribution in [-0.2, 0) is 6.42 Å². The topological polar surface area (TPSA) is 24.9 Å². The molecular formula is C12H16N2S. The Bertz CT molecular complexity index is 448. The largest absolute Gasteiger partial charge is 0.320 e. The average Bonchev–Trinajstić information content (AvgIpc) is 2.60. The van der Waals surface area contributed by atoms with Crippen LogP contribution < -0.4 is 5.32 Å². The van der Waals surface area contributed by atoms with Crippen molar-refractivity contribution in [3.05, 3.63) is 28.8 Å². The second kappa shape index (κ2) is 4.73.